The predicted octanol–water partition coefficient (Wildman–Crippen LogP) is 0.923. The maximum absolute atomic E-state index is 11.6. The Kier molecular flexibility index (Phi) is 5.60. The van der Waals surface area contributed by atoms with E-state index in [4.69, 9.17) is 5.73 Å². The number of hydrogen-bond donors (Lipinski definition) is 3. The molecule has 4 N–H and O–H groups in total. The fourth-order valence-corrected chi connectivity index (χ4v) is 1.49. The second kappa shape index (κ2) is 7.20. The monoisotopic (exact) mass is 261 g/mol. The quantitative estimate of drug-likeness (QED) is 0.544. The van der Waals surface area contributed by atoms with Gasteiger partial charge in [0.25, 0.3) is 0 Å². The molecule has 1 aromatic rings. The fraction of sp³-hybridized carbons (Fsp3) is 0.286. The predicted molar refractivity (Wildman–Crippen MR) is 76.2 cm³/mol. The number of anilines is 1. The lowest BCUT2D eigenvalue weighted by molar-refractivity contribution is -0.126. The molecule has 0 saturated heterocycles. The van der Waals surface area contributed by atoms with Gasteiger partial charge in [0.2, 0.25) is 11.8 Å². The average Bonchev–Trinajstić information content (AvgIpc) is 2.36. The van der Waals surface area contributed by atoms with Crippen LogP contribution in [0.3, 0.4) is 0 Å². The van der Waals surface area contributed by atoms with Gasteiger partial charge in [0.1, 0.15) is 6.04 Å². The van der Waals surface area contributed by atoms with Gasteiger partial charge in [0.15, 0.2) is 0 Å². The highest BCUT2D eigenvalue weighted by atomic mass is 16.2. The minimum absolute atomic E-state index is 0.201. The van der Waals surface area contributed by atoms with Crippen molar-refractivity contribution in [3.05, 3.63) is 35.9 Å². The molecule has 1 atom stereocenters. The third kappa shape index (κ3) is 5.25. The maximum atomic E-state index is 11.6. The van der Waals surface area contributed by atoms with E-state index in [2.05, 4.69) is 10.6 Å². The van der Waals surface area contributed by atoms with Crippen molar-refractivity contribution in [3.63, 3.8) is 0 Å². The van der Waals surface area contributed by atoms with Crippen LogP contribution >= 0.6 is 0 Å². The van der Waals surface area contributed by atoms with Crippen molar-refractivity contribution < 1.29 is 9.59 Å². The van der Waals surface area contributed by atoms with E-state index >= 15 is 0 Å². The molecule has 0 saturated carbocycles. The summed E-state index contributed by atoms with van der Waals surface area (Å²) < 4.78 is 0. The highest BCUT2D eigenvalue weighted by Gasteiger charge is 2.12. The number of nitrogens with two attached hydrogens (primary N) is 1. The van der Waals surface area contributed by atoms with Gasteiger partial charge < -0.3 is 16.4 Å². The number of nitrogen functional groups attached to an aromatic ring is 1. The summed E-state index contributed by atoms with van der Waals surface area (Å²) in [5.41, 5.74) is 7.10. The summed E-state index contributed by atoms with van der Waals surface area (Å²) in [4.78, 5) is 23.0. The number of amides is 2. The SMILES string of the molecule is CCNC(=O)C(C)NC(=O)/C=C/c1cccc(N)c1. The van der Waals surface area contributed by atoms with Crippen LogP contribution in [-0.4, -0.2) is 24.4 Å². The van der Waals surface area contributed by atoms with Crippen molar-refractivity contribution >= 4 is 23.6 Å². The summed E-state index contributed by atoms with van der Waals surface area (Å²) in [5, 5.41) is 5.22. The third-order valence-electron chi connectivity index (χ3n) is 2.44. The van der Waals surface area contributed by atoms with Crippen LogP contribution < -0.4 is 16.4 Å². The largest absolute Gasteiger partial charge is 0.399 e. The van der Waals surface area contributed by atoms with Gasteiger partial charge in [0, 0.05) is 18.3 Å². The molecule has 5 heteroatoms. The molecule has 5 nitrogen and oxygen atoms in total. The molecule has 0 aliphatic heterocycles. The van der Waals surface area contributed by atoms with Crippen LogP contribution in [0.25, 0.3) is 6.08 Å². The van der Waals surface area contributed by atoms with E-state index in [1.54, 1.807) is 25.1 Å². The number of likely N-dealkylation sites (N-methyl/N-ethyl adjacent to an activating group) is 1. The number of rotatable bonds is 5. The summed E-state index contributed by atoms with van der Waals surface area (Å²) in [6.07, 6.45) is 3.03. The highest BCUT2D eigenvalue weighted by Crippen LogP contribution is 2.07. The van der Waals surface area contributed by atoms with E-state index in [1.165, 1.54) is 6.08 Å². The van der Waals surface area contributed by atoms with Crippen LogP contribution in [0.5, 0.6) is 0 Å². The number of nitrogens with one attached hydrogen (secondary N) is 2. The summed E-state index contributed by atoms with van der Waals surface area (Å²) in [7, 11) is 0. The molecular formula is C14H19N3O2. The molecule has 0 bridgehead atoms. The standard InChI is InChI=1S/C14H19N3O2/c1-3-16-14(19)10(2)17-13(18)8-7-11-5-4-6-12(15)9-11/h4-10H,3,15H2,1-2H3,(H,16,19)(H,17,18)/b8-7+. The molecule has 0 fully saturated rings. The molecule has 0 radical (unpaired) electrons. The van der Waals surface area contributed by atoms with Crippen molar-refractivity contribution in [3.8, 4) is 0 Å². The molecule has 0 aliphatic rings. The Morgan fingerprint density at radius 3 is 2.79 bits per heavy atom. The van der Waals surface area contributed by atoms with Gasteiger partial charge in [-0.15, -0.1) is 0 Å². The van der Waals surface area contributed by atoms with Gasteiger partial charge in [-0.1, -0.05) is 12.1 Å². The van der Waals surface area contributed by atoms with Crippen LogP contribution in [0.1, 0.15) is 19.4 Å². The number of hydrogen-bond acceptors (Lipinski definition) is 3. The summed E-state index contributed by atoms with van der Waals surface area (Å²) in [6.45, 7) is 4.00. The van der Waals surface area contributed by atoms with Gasteiger partial charge in [-0.05, 0) is 37.6 Å². The summed E-state index contributed by atoms with van der Waals surface area (Å²) in [5.74, 6) is -0.519. The Morgan fingerprint density at radius 2 is 2.16 bits per heavy atom. The summed E-state index contributed by atoms with van der Waals surface area (Å²) in [6, 6.07) is 6.63. The van der Waals surface area contributed by atoms with Gasteiger partial charge >= 0.3 is 0 Å². The minimum Gasteiger partial charge on any atom is -0.399 e. The van der Waals surface area contributed by atoms with Crippen LogP contribution in [-0.2, 0) is 9.59 Å². The second-order valence-corrected chi connectivity index (χ2v) is 4.13. The first-order valence-corrected chi connectivity index (χ1v) is 6.14. The van der Waals surface area contributed by atoms with Crippen molar-refractivity contribution in [1.29, 1.82) is 0 Å². The first-order valence-electron chi connectivity index (χ1n) is 6.14. The minimum atomic E-state index is -0.557. The Hall–Kier alpha value is -2.30. The third-order valence-corrected chi connectivity index (χ3v) is 2.44. The molecule has 0 spiro atoms. The lowest BCUT2D eigenvalue weighted by Crippen LogP contribution is -2.44. The summed E-state index contributed by atoms with van der Waals surface area (Å²) >= 11 is 0. The van der Waals surface area contributed by atoms with E-state index in [-0.39, 0.29) is 11.8 Å². The maximum Gasteiger partial charge on any atom is 0.244 e. The van der Waals surface area contributed by atoms with Crippen LogP contribution in [0.2, 0.25) is 0 Å². The molecule has 0 aliphatic carbocycles. The molecule has 19 heavy (non-hydrogen) atoms. The molecule has 1 rings (SSSR count). The molecule has 0 heterocycles. The first-order chi connectivity index (χ1) is 9.02. The zero-order chi connectivity index (χ0) is 14.3. The van der Waals surface area contributed by atoms with Crippen LogP contribution in [0.4, 0.5) is 5.69 Å². The Bertz CT molecular complexity index is 483. The van der Waals surface area contributed by atoms with Crippen molar-refractivity contribution in [2.75, 3.05) is 12.3 Å². The molecule has 102 valence electrons. The van der Waals surface area contributed by atoms with Gasteiger partial charge in [0.05, 0.1) is 0 Å². The van der Waals surface area contributed by atoms with Crippen molar-refractivity contribution in [2.45, 2.75) is 19.9 Å². The Labute approximate surface area is 112 Å². The topological polar surface area (TPSA) is 84.2 Å². The number of carbonyl (C=O) groups excluding carboxylic acids is 2. The van der Waals surface area contributed by atoms with E-state index in [9.17, 15) is 9.59 Å². The molecule has 1 unspecified atom stereocenters. The first kappa shape index (κ1) is 14.8. The van der Waals surface area contributed by atoms with Gasteiger partial charge in [-0.25, -0.2) is 0 Å². The zero-order valence-electron chi connectivity index (χ0n) is 11.1. The molecule has 2 amide bonds. The zero-order valence-corrected chi connectivity index (χ0v) is 11.1. The van der Waals surface area contributed by atoms with Crippen LogP contribution in [0.15, 0.2) is 30.3 Å². The fourth-order valence-electron chi connectivity index (χ4n) is 1.49. The molecule has 0 aromatic heterocycles. The Morgan fingerprint density at radius 1 is 1.42 bits per heavy atom. The van der Waals surface area contributed by atoms with Gasteiger partial charge in [-0.3, -0.25) is 9.59 Å². The van der Waals surface area contributed by atoms with Crippen molar-refractivity contribution in [2.24, 2.45) is 0 Å². The Balaban J connectivity index is 2.53. The van der Waals surface area contributed by atoms with E-state index in [1.807, 2.05) is 19.1 Å². The van der Waals surface area contributed by atoms with E-state index in [0.717, 1.165) is 5.56 Å². The number of carbonyl (C=O) groups is 2. The lowest BCUT2D eigenvalue weighted by Gasteiger charge is -2.11. The van der Waals surface area contributed by atoms with E-state index in [0.29, 0.717) is 12.2 Å². The molecular weight excluding hydrogens is 242 g/mol. The van der Waals surface area contributed by atoms with Crippen LogP contribution in [0, 0.1) is 0 Å². The average molecular weight is 261 g/mol. The molecule has 1 aromatic carbocycles. The number of benzene rings is 1. The lowest BCUT2D eigenvalue weighted by atomic mass is 10.2. The second-order valence-electron chi connectivity index (χ2n) is 4.13. The highest BCUT2D eigenvalue weighted by molar-refractivity contribution is 5.95. The van der Waals surface area contributed by atoms with Gasteiger partial charge in [-0.2, -0.15) is 0 Å². The van der Waals surface area contributed by atoms with Crippen molar-refractivity contribution in [1.82, 2.24) is 10.6 Å². The normalized spacial score (nSPS) is 12.1. The van der Waals surface area contributed by atoms with E-state index < -0.39 is 6.04 Å². The smallest absolute Gasteiger partial charge is 0.244 e.